The van der Waals surface area contributed by atoms with Crippen LogP contribution >= 0.6 is 11.8 Å². The molecule has 0 aliphatic rings. The Labute approximate surface area is 197 Å². The number of hydrogen-bond acceptors (Lipinski definition) is 6. The maximum atomic E-state index is 12.7. The predicted molar refractivity (Wildman–Crippen MR) is 129 cm³/mol. The highest BCUT2D eigenvalue weighted by atomic mass is 32.2. The summed E-state index contributed by atoms with van der Waals surface area (Å²) in [6.07, 6.45) is 1.61. The van der Waals surface area contributed by atoms with Crippen LogP contribution in [0.3, 0.4) is 0 Å². The number of benzene rings is 2. The molecule has 0 saturated carbocycles. The third kappa shape index (κ3) is 5.46. The van der Waals surface area contributed by atoms with Gasteiger partial charge in [-0.25, -0.2) is 0 Å². The van der Waals surface area contributed by atoms with Crippen LogP contribution in [0.5, 0.6) is 5.75 Å². The Kier molecular flexibility index (Phi) is 7.14. The summed E-state index contributed by atoms with van der Waals surface area (Å²) in [5.41, 5.74) is 3.00. The number of furan rings is 1. The molecule has 2 aromatic heterocycles. The lowest BCUT2D eigenvalue weighted by Crippen LogP contribution is -2.27. The molecule has 0 N–H and O–H groups in total. The highest BCUT2D eigenvalue weighted by Crippen LogP contribution is 2.29. The first-order valence-corrected chi connectivity index (χ1v) is 11.7. The number of thioether (sulfide) groups is 1. The van der Waals surface area contributed by atoms with Crippen molar-refractivity contribution in [1.82, 2.24) is 19.7 Å². The molecule has 33 heavy (non-hydrogen) atoms. The molecule has 4 aromatic rings. The van der Waals surface area contributed by atoms with Crippen LogP contribution in [0, 0.1) is 6.92 Å². The third-order valence-corrected chi connectivity index (χ3v) is 5.95. The second-order valence-corrected chi connectivity index (χ2v) is 8.50. The van der Waals surface area contributed by atoms with Gasteiger partial charge in [0.15, 0.2) is 11.0 Å². The van der Waals surface area contributed by atoms with Crippen LogP contribution in [0.2, 0.25) is 0 Å². The first-order chi connectivity index (χ1) is 16.0. The van der Waals surface area contributed by atoms with Crippen molar-refractivity contribution >= 4 is 17.7 Å². The molecule has 2 aromatic carbocycles. The molecule has 0 unspecified atom stereocenters. The van der Waals surface area contributed by atoms with Crippen LogP contribution in [0.4, 0.5) is 0 Å². The zero-order chi connectivity index (χ0) is 23.2. The summed E-state index contributed by atoms with van der Waals surface area (Å²) in [6.45, 7) is 5.03. The van der Waals surface area contributed by atoms with Crippen molar-refractivity contribution in [2.24, 2.45) is 0 Å². The summed E-state index contributed by atoms with van der Waals surface area (Å²) in [5.74, 6) is 2.49. The molecule has 1 amide bonds. The lowest BCUT2D eigenvalue weighted by Gasteiger charge is -2.16. The number of carbonyl (C=O) groups excluding carboxylic acids is 1. The predicted octanol–water partition coefficient (Wildman–Crippen LogP) is 4.99. The SMILES string of the molecule is CCOc1ccc(-n2c(SCC(=O)N(C)Cc3ccco3)nnc2-c2cccc(C)c2)cc1. The molecule has 0 aliphatic carbocycles. The second kappa shape index (κ2) is 10.4. The van der Waals surface area contributed by atoms with E-state index in [4.69, 9.17) is 9.15 Å². The molecule has 7 nitrogen and oxygen atoms in total. The molecule has 2 heterocycles. The fourth-order valence-corrected chi connectivity index (χ4v) is 4.28. The number of hydrogen-bond donors (Lipinski definition) is 0. The van der Waals surface area contributed by atoms with Crippen molar-refractivity contribution in [3.8, 4) is 22.8 Å². The number of amides is 1. The average Bonchev–Trinajstić information content (AvgIpc) is 3.48. The summed E-state index contributed by atoms with van der Waals surface area (Å²) in [6, 6.07) is 19.6. The largest absolute Gasteiger partial charge is 0.494 e. The van der Waals surface area contributed by atoms with Crippen molar-refractivity contribution in [3.63, 3.8) is 0 Å². The molecule has 0 bridgehead atoms. The quantitative estimate of drug-likeness (QED) is 0.327. The summed E-state index contributed by atoms with van der Waals surface area (Å²) >= 11 is 1.36. The summed E-state index contributed by atoms with van der Waals surface area (Å²) in [7, 11) is 1.76. The van der Waals surface area contributed by atoms with E-state index in [2.05, 4.69) is 16.3 Å². The minimum absolute atomic E-state index is 0.0188. The summed E-state index contributed by atoms with van der Waals surface area (Å²) in [5, 5.41) is 9.54. The fraction of sp³-hybridized carbons (Fsp3) is 0.240. The highest BCUT2D eigenvalue weighted by molar-refractivity contribution is 7.99. The smallest absolute Gasteiger partial charge is 0.233 e. The normalized spacial score (nSPS) is 10.9. The van der Waals surface area contributed by atoms with Gasteiger partial charge in [0.25, 0.3) is 0 Å². The standard InChI is InChI=1S/C25H26N4O3S/c1-4-31-21-12-10-20(11-13-21)29-24(19-8-5-7-18(2)15-19)26-27-25(29)33-17-23(30)28(3)16-22-9-6-14-32-22/h5-15H,4,16-17H2,1-3H3. The lowest BCUT2D eigenvalue weighted by atomic mass is 10.1. The van der Waals surface area contributed by atoms with Gasteiger partial charge in [-0.3, -0.25) is 9.36 Å². The lowest BCUT2D eigenvalue weighted by molar-refractivity contribution is -0.127. The molecular formula is C25H26N4O3S. The van der Waals surface area contributed by atoms with Gasteiger partial charge < -0.3 is 14.1 Å². The van der Waals surface area contributed by atoms with E-state index < -0.39 is 0 Å². The fourth-order valence-electron chi connectivity index (χ4n) is 3.39. The Bertz CT molecular complexity index is 1200. The van der Waals surface area contributed by atoms with E-state index in [1.807, 2.05) is 73.0 Å². The van der Waals surface area contributed by atoms with Crippen LogP contribution in [0.25, 0.3) is 17.1 Å². The molecule has 0 aliphatic heterocycles. The molecular weight excluding hydrogens is 436 g/mol. The zero-order valence-electron chi connectivity index (χ0n) is 18.9. The van der Waals surface area contributed by atoms with Gasteiger partial charge in [0.1, 0.15) is 11.5 Å². The maximum absolute atomic E-state index is 12.7. The van der Waals surface area contributed by atoms with Gasteiger partial charge in [-0.1, -0.05) is 35.5 Å². The van der Waals surface area contributed by atoms with E-state index in [1.54, 1.807) is 18.2 Å². The molecule has 0 atom stereocenters. The van der Waals surface area contributed by atoms with Crippen LogP contribution in [0.1, 0.15) is 18.2 Å². The Morgan fingerprint density at radius 1 is 1.12 bits per heavy atom. The van der Waals surface area contributed by atoms with Gasteiger partial charge in [0.2, 0.25) is 5.91 Å². The van der Waals surface area contributed by atoms with E-state index in [-0.39, 0.29) is 11.7 Å². The van der Waals surface area contributed by atoms with Gasteiger partial charge >= 0.3 is 0 Å². The number of rotatable bonds is 9. The number of carbonyl (C=O) groups is 1. The van der Waals surface area contributed by atoms with Gasteiger partial charge in [-0.2, -0.15) is 0 Å². The van der Waals surface area contributed by atoms with Gasteiger partial charge in [0.05, 0.1) is 25.2 Å². The Morgan fingerprint density at radius 2 is 1.94 bits per heavy atom. The summed E-state index contributed by atoms with van der Waals surface area (Å²) in [4.78, 5) is 14.4. The minimum atomic E-state index is -0.0188. The number of aryl methyl sites for hydroxylation is 1. The van der Waals surface area contributed by atoms with Gasteiger partial charge in [-0.05, 0) is 56.3 Å². The third-order valence-electron chi connectivity index (χ3n) is 5.04. The van der Waals surface area contributed by atoms with Gasteiger partial charge in [0, 0.05) is 18.3 Å². The second-order valence-electron chi connectivity index (χ2n) is 7.56. The highest BCUT2D eigenvalue weighted by Gasteiger charge is 2.19. The van der Waals surface area contributed by atoms with Crippen molar-refractivity contribution in [3.05, 3.63) is 78.3 Å². The van der Waals surface area contributed by atoms with Crippen molar-refractivity contribution < 1.29 is 13.9 Å². The molecule has 8 heteroatoms. The molecule has 0 saturated heterocycles. The molecule has 0 fully saturated rings. The first-order valence-electron chi connectivity index (χ1n) is 10.7. The van der Waals surface area contributed by atoms with Crippen LogP contribution in [-0.4, -0.2) is 45.0 Å². The molecule has 170 valence electrons. The number of aromatic nitrogens is 3. The number of nitrogens with zero attached hydrogens (tertiary/aromatic N) is 4. The number of ether oxygens (including phenoxy) is 1. The van der Waals surface area contributed by atoms with Crippen molar-refractivity contribution in [2.75, 3.05) is 19.4 Å². The Morgan fingerprint density at radius 3 is 2.64 bits per heavy atom. The van der Waals surface area contributed by atoms with E-state index in [0.717, 1.165) is 34.1 Å². The van der Waals surface area contributed by atoms with Crippen LogP contribution < -0.4 is 4.74 Å². The maximum Gasteiger partial charge on any atom is 0.233 e. The van der Waals surface area contributed by atoms with E-state index in [0.29, 0.717) is 18.3 Å². The van der Waals surface area contributed by atoms with Gasteiger partial charge in [-0.15, -0.1) is 10.2 Å². The average molecular weight is 463 g/mol. The van der Waals surface area contributed by atoms with Crippen LogP contribution in [-0.2, 0) is 11.3 Å². The molecule has 4 rings (SSSR count). The van der Waals surface area contributed by atoms with E-state index in [1.165, 1.54) is 11.8 Å². The van der Waals surface area contributed by atoms with E-state index >= 15 is 0 Å². The van der Waals surface area contributed by atoms with Crippen molar-refractivity contribution in [2.45, 2.75) is 25.5 Å². The molecule has 0 spiro atoms. The first kappa shape index (κ1) is 22.7. The Balaban J connectivity index is 1.60. The zero-order valence-corrected chi connectivity index (χ0v) is 19.7. The van der Waals surface area contributed by atoms with Crippen LogP contribution in [0.15, 0.2) is 76.5 Å². The summed E-state index contributed by atoms with van der Waals surface area (Å²) < 4.78 is 12.9. The van der Waals surface area contributed by atoms with Crippen molar-refractivity contribution in [1.29, 1.82) is 0 Å². The minimum Gasteiger partial charge on any atom is -0.494 e. The topological polar surface area (TPSA) is 73.4 Å². The molecule has 0 radical (unpaired) electrons. The monoisotopic (exact) mass is 462 g/mol. The Hall–Kier alpha value is -3.52. The van der Waals surface area contributed by atoms with E-state index in [9.17, 15) is 4.79 Å².